The van der Waals surface area contributed by atoms with Crippen LogP contribution in [0.5, 0.6) is 0 Å². The summed E-state index contributed by atoms with van der Waals surface area (Å²) in [4.78, 5) is 0. The van der Waals surface area contributed by atoms with Gasteiger partial charge in [-0.1, -0.05) is 29.4 Å². The Labute approximate surface area is 140 Å². The summed E-state index contributed by atoms with van der Waals surface area (Å²) in [7, 11) is 0. The molecule has 0 aliphatic carbocycles. The van der Waals surface area contributed by atoms with Crippen molar-refractivity contribution < 1.29 is 8.78 Å². The van der Waals surface area contributed by atoms with E-state index in [2.05, 4.69) is 10.2 Å². The summed E-state index contributed by atoms with van der Waals surface area (Å²) in [6.07, 6.45) is 0. The number of aromatic nitrogens is 3. The molecular weight excluding hydrogens is 342 g/mol. The van der Waals surface area contributed by atoms with Crippen LogP contribution < -0.4 is 5.84 Å². The van der Waals surface area contributed by atoms with E-state index in [4.69, 9.17) is 17.4 Å². The second-order valence-corrected chi connectivity index (χ2v) is 6.02. The summed E-state index contributed by atoms with van der Waals surface area (Å²) in [6.45, 7) is 0. The topological polar surface area (TPSA) is 56.7 Å². The molecular formula is C15H11ClF2N4S. The molecule has 8 heteroatoms. The van der Waals surface area contributed by atoms with Gasteiger partial charge >= 0.3 is 0 Å². The first-order chi connectivity index (χ1) is 11.1. The fraction of sp³-hybridized carbons (Fsp3) is 0.0667. The van der Waals surface area contributed by atoms with Crippen LogP contribution in [0.1, 0.15) is 5.56 Å². The number of hydrogen-bond donors (Lipinski definition) is 1. The molecule has 118 valence electrons. The molecule has 23 heavy (non-hydrogen) atoms. The minimum absolute atomic E-state index is 0.268. The molecule has 4 nitrogen and oxygen atoms in total. The maximum atomic E-state index is 13.8. The van der Waals surface area contributed by atoms with E-state index in [1.54, 1.807) is 24.3 Å². The SMILES string of the molecule is Nn1c(SCc2c(F)cccc2Cl)nnc1-c1ccc(F)cc1. The molecule has 2 aromatic carbocycles. The second-order valence-electron chi connectivity index (χ2n) is 4.67. The molecule has 3 rings (SSSR count). The molecule has 0 bridgehead atoms. The van der Waals surface area contributed by atoms with Crippen LogP contribution in [0.2, 0.25) is 5.02 Å². The highest BCUT2D eigenvalue weighted by Gasteiger charge is 2.14. The van der Waals surface area contributed by atoms with Crippen LogP contribution in [0, 0.1) is 11.6 Å². The van der Waals surface area contributed by atoms with Crippen molar-refractivity contribution in [1.82, 2.24) is 14.9 Å². The summed E-state index contributed by atoms with van der Waals surface area (Å²) in [5, 5.41) is 8.72. The molecule has 3 aromatic rings. The molecule has 1 aromatic heterocycles. The van der Waals surface area contributed by atoms with Crippen molar-refractivity contribution in [3.05, 3.63) is 64.7 Å². The van der Waals surface area contributed by atoms with E-state index in [1.807, 2.05) is 0 Å². The van der Waals surface area contributed by atoms with Crippen molar-refractivity contribution in [2.75, 3.05) is 5.84 Å². The van der Waals surface area contributed by atoms with E-state index in [9.17, 15) is 8.78 Å². The zero-order chi connectivity index (χ0) is 16.4. The highest BCUT2D eigenvalue weighted by Crippen LogP contribution is 2.28. The summed E-state index contributed by atoms with van der Waals surface area (Å²) in [5.74, 6) is 5.90. The number of hydrogen-bond acceptors (Lipinski definition) is 4. The van der Waals surface area contributed by atoms with Crippen LogP contribution in [0.25, 0.3) is 11.4 Å². The fourth-order valence-electron chi connectivity index (χ4n) is 1.98. The van der Waals surface area contributed by atoms with Crippen molar-refractivity contribution in [2.24, 2.45) is 0 Å². The average Bonchev–Trinajstić information content (AvgIpc) is 2.89. The predicted octanol–water partition coefficient (Wildman–Crippen LogP) is 3.88. The van der Waals surface area contributed by atoms with Crippen LogP contribution in [0.15, 0.2) is 47.6 Å². The lowest BCUT2D eigenvalue weighted by Gasteiger charge is -2.06. The first-order valence-corrected chi connectivity index (χ1v) is 7.94. The maximum absolute atomic E-state index is 13.8. The van der Waals surface area contributed by atoms with Crippen LogP contribution in [-0.4, -0.2) is 14.9 Å². The lowest BCUT2D eigenvalue weighted by atomic mass is 10.2. The molecule has 0 saturated heterocycles. The lowest BCUT2D eigenvalue weighted by Crippen LogP contribution is -2.11. The fourth-order valence-corrected chi connectivity index (χ4v) is 3.18. The molecule has 0 atom stereocenters. The molecule has 0 saturated carbocycles. The molecule has 0 fully saturated rings. The van der Waals surface area contributed by atoms with Crippen molar-refractivity contribution in [2.45, 2.75) is 10.9 Å². The molecule has 0 unspecified atom stereocenters. The molecule has 2 N–H and O–H groups in total. The lowest BCUT2D eigenvalue weighted by molar-refractivity contribution is 0.617. The van der Waals surface area contributed by atoms with Gasteiger partial charge in [0.2, 0.25) is 5.16 Å². The Morgan fingerprint density at radius 2 is 1.83 bits per heavy atom. The normalized spacial score (nSPS) is 10.9. The van der Waals surface area contributed by atoms with E-state index in [-0.39, 0.29) is 17.4 Å². The number of halogens is 3. The van der Waals surface area contributed by atoms with Crippen molar-refractivity contribution in [3.8, 4) is 11.4 Å². The third-order valence-electron chi connectivity index (χ3n) is 3.17. The number of rotatable bonds is 4. The Morgan fingerprint density at radius 3 is 2.52 bits per heavy atom. The number of nitrogens with two attached hydrogens (primary N) is 1. The van der Waals surface area contributed by atoms with Gasteiger partial charge in [0, 0.05) is 21.9 Å². The van der Waals surface area contributed by atoms with Crippen molar-refractivity contribution >= 4 is 23.4 Å². The third kappa shape index (κ3) is 3.30. The monoisotopic (exact) mass is 352 g/mol. The van der Waals surface area contributed by atoms with Gasteiger partial charge in [-0.3, -0.25) is 0 Å². The van der Waals surface area contributed by atoms with E-state index in [0.717, 1.165) is 0 Å². The van der Waals surface area contributed by atoms with Crippen LogP contribution in [0.3, 0.4) is 0 Å². The summed E-state index contributed by atoms with van der Waals surface area (Å²) < 4.78 is 28.0. The highest BCUT2D eigenvalue weighted by molar-refractivity contribution is 7.98. The van der Waals surface area contributed by atoms with Gasteiger partial charge in [0.15, 0.2) is 5.82 Å². The van der Waals surface area contributed by atoms with Crippen LogP contribution in [0.4, 0.5) is 8.78 Å². The first kappa shape index (κ1) is 15.8. The standard InChI is InChI=1S/C15H11ClF2N4S/c16-12-2-1-3-13(18)11(12)8-23-15-21-20-14(22(15)19)9-4-6-10(17)7-5-9/h1-7H,8,19H2. The van der Waals surface area contributed by atoms with Gasteiger partial charge in [-0.15, -0.1) is 10.2 Å². The first-order valence-electron chi connectivity index (χ1n) is 6.58. The van der Waals surface area contributed by atoms with Crippen LogP contribution in [-0.2, 0) is 5.75 Å². The van der Waals surface area contributed by atoms with E-state index >= 15 is 0 Å². The third-order valence-corrected chi connectivity index (χ3v) is 4.50. The predicted molar refractivity (Wildman–Crippen MR) is 86.5 cm³/mol. The van der Waals surface area contributed by atoms with E-state index < -0.39 is 0 Å². The van der Waals surface area contributed by atoms with E-state index in [1.165, 1.54) is 34.6 Å². The number of benzene rings is 2. The van der Waals surface area contributed by atoms with Gasteiger partial charge < -0.3 is 5.84 Å². The number of nitrogens with zero attached hydrogens (tertiary/aromatic N) is 3. The average molecular weight is 353 g/mol. The molecule has 0 amide bonds. The van der Waals surface area contributed by atoms with Gasteiger partial charge in [-0.25, -0.2) is 13.5 Å². The quantitative estimate of drug-likeness (QED) is 0.572. The Kier molecular flexibility index (Phi) is 4.49. The zero-order valence-electron chi connectivity index (χ0n) is 11.7. The van der Waals surface area contributed by atoms with Gasteiger partial charge in [0.1, 0.15) is 11.6 Å². The zero-order valence-corrected chi connectivity index (χ0v) is 13.3. The van der Waals surface area contributed by atoms with Gasteiger partial charge in [-0.2, -0.15) is 0 Å². The summed E-state index contributed by atoms with van der Waals surface area (Å²) in [6, 6.07) is 10.3. The maximum Gasteiger partial charge on any atom is 0.210 e. The molecule has 0 spiro atoms. The Hall–Kier alpha value is -2.12. The largest absolute Gasteiger partial charge is 0.335 e. The van der Waals surface area contributed by atoms with E-state index in [0.29, 0.717) is 27.1 Å². The Morgan fingerprint density at radius 1 is 1.09 bits per heavy atom. The number of thioether (sulfide) groups is 1. The van der Waals surface area contributed by atoms with Gasteiger partial charge in [-0.05, 0) is 36.4 Å². The Bertz CT molecular complexity index is 816. The van der Waals surface area contributed by atoms with Crippen molar-refractivity contribution in [1.29, 1.82) is 0 Å². The Balaban J connectivity index is 1.81. The molecule has 0 aliphatic rings. The van der Waals surface area contributed by atoms with Crippen molar-refractivity contribution in [3.63, 3.8) is 0 Å². The summed E-state index contributed by atoms with van der Waals surface area (Å²) in [5.41, 5.74) is 1.02. The number of nitrogen functional groups attached to an aromatic ring is 1. The smallest absolute Gasteiger partial charge is 0.210 e. The minimum Gasteiger partial charge on any atom is -0.335 e. The second kappa shape index (κ2) is 6.55. The molecule has 0 aliphatic heterocycles. The highest BCUT2D eigenvalue weighted by atomic mass is 35.5. The molecule has 0 radical (unpaired) electrons. The van der Waals surface area contributed by atoms with Gasteiger partial charge in [0.05, 0.1) is 0 Å². The van der Waals surface area contributed by atoms with Crippen LogP contribution >= 0.6 is 23.4 Å². The molecule has 1 heterocycles. The van der Waals surface area contributed by atoms with Gasteiger partial charge in [0.25, 0.3) is 0 Å². The minimum atomic E-state index is -0.383. The summed E-state index contributed by atoms with van der Waals surface area (Å²) >= 11 is 7.20.